The molecule has 0 aliphatic carbocycles. The summed E-state index contributed by atoms with van der Waals surface area (Å²) in [5, 5.41) is 1.95. The average molecular weight is 370 g/mol. The van der Waals surface area contributed by atoms with Crippen LogP contribution in [0.25, 0.3) is 10.2 Å². The molecule has 0 N–H and O–H groups in total. The molecule has 2 aromatic heterocycles. The molecule has 3 aromatic rings. The number of piperidine rings is 1. The second kappa shape index (κ2) is 7.14. The number of carbonyl (C=O) groups excluding carboxylic acids is 1. The average Bonchev–Trinajstić information content (AvgIpc) is 3.12. The molecule has 128 valence electrons. The maximum Gasteiger partial charge on any atom is 0.256 e. The van der Waals surface area contributed by atoms with E-state index in [2.05, 4.69) is 17.1 Å². The number of fused-ring (bicyclic) bond motifs is 1. The lowest BCUT2D eigenvalue weighted by Gasteiger charge is -2.32. The van der Waals surface area contributed by atoms with Crippen molar-refractivity contribution in [2.24, 2.45) is 0 Å². The number of carbonyl (C=O) groups is 1. The predicted octanol–water partition coefficient (Wildman–Crippen LogP) is 4.43. The Kier molecular flexibility index (Phi) is 4.72. The number of para-hydroxylation sites is 1. The number of aromatic nitrogens is 2. The fourth-order valence-corrected chi connectivity index (χ4v) is 4.95. The molecule has 0 radical (unpaired) electrons. The third-order valence-corrected chi connectivity index (χ3v) is 6.47. The highest BCUT2D eigenvalue weighted by molar-refractivity contribution is 7.98. The number of amides is 1. The summed E-state index contributed by atoms with van der Waals surface area (Å²) in [6, 6.07) is 12.0. The van der Waals surface area contributed by atoms with Crippen molar-refractivity contribution in [2.45, 2.75) is 23.8 Å². The van der Waals surface area contributed by atoms with Crippen LogP contribution >= 0.6 is 23.1 Å². The van der Waals surface area contributed by atoms with E-state index in [0.717, 1.165) is 41.5 Å². The van der Waals surface area contributed by atoms with Crippen LogP contribution < -0.4 is 0 Å². The summed E-state index contributed by atoms with van der Waals surface area (Å²) in [5.41, 5.74) is 1.77. The Balaban J connectivity index is 1.57. The minimum absolute atomic E-state index is 0.0864. The minimum atomic E-state index is 0.0864. The van der Waals surface area contributed by atoms with Crippen molar-refractivity contribution in [3.63, 3.8) is 0 Å². The first-order valence-electron chi connectivity index (χ1n) is 8.40. The molecule has 1 aliphatic rings. The van der Waals surface area contributed by atoms with Gasteiger partial charge in [0.25, 0.3) is 5.91 Å². The van der Waals surface area contributed by atoms with Gasteiger partial charge in [-0.05, 0) is 43.4 Å². The van der Waals surface area contributed by atoms with Crippen LogP contribution in [0.2, 0.25) is 0 Å². The molecule has 0 saturated carbocycles. The summed E-state index contributed by atoms with van der Waals surface area (Å²) in [7, 11) is 0. The zero-order valence-corrected chi connectivity index (χ0v) is 15.6. The zero-order chi connectivity index (χ0) is 17.2. The van der Waals surface area contributed by atoms with E-state index in [9.17, 15) is 4.79 Å². The largest absolute Gasteiger partial charge is 0.338 e. The van der Waals surface area contributed by atoms with Gasteiger partial charge >= 0.3 is 0 Å². The van der Waals surface area contributed by atoms with Gasteiger partial charge in [-0.15, -0.1) is 23.1 Å². The molecule has 1 aromatic carbocycles. The SMILES string of the molecule is CSc1ncccc1C(=O)N1CCC[C@@H](c2nc3ccccc3s2)C1. The van der Waals surface area contributed by atoms with Gasteiger partial charge in [0.2, 0.25) is 0 Å². The molecule has 4 rings (SSSR count). The summed E-state index contributed by atoms with van der Waals surface area (Å²) in [6.45, 7) is 1.55. The molecule has 1 atom stereocenters. The van der Waals surface area contributed by atoms with Crippen molar-refractivity contribution in [1.29, 1.82) is 0 Å². The Morgan fingerprint density at radius 2 is 2.16 bits per heavy atom. The van der Waals surface area contributed by atoms with E-state index in [1.807, 2.05) is 35.4 Å². The van der Waals surface area contributed by atoms with E-state index in [4.69, 9.17) is 4.98 Å². The molecular formula is C19H19N3OS2. The molecular weight excluding hydrogens is 350 g/mol. The van der Waals surface area contributed by atoms with Crippen molar-refractivity contribution in [2.75, 3.05) is 19.3 Å². The summed E-state index contributed by atoms with van der Waals surface area (Å²) < 4.78 is 1.22. The quantitative estimate of drug-likeness (QED) is 0.641. The minimum Gasteiger partial charge on any atom is -0.338 e. The third-order valence-electron chi connectivity index (χ3n) is 4.56. The van der Waals surface area contributed by atoms with E-state index >= 15 is 0 Å². The second-order valence-corrected chi connectivity index (χ2v) is 8.03. The Morgan fingerprint density at radius 3 is 3.00 bits per heavy atom. The lowest BCUT2D eigenvalue weighted by atomic mass is 9.98. The third kappa shape index (κ3) is 3.28. The number of thiazole rings is 1. The Bertz CT molecular complexity index is 875. The lowest BCUT2D eigenvalue weighted by molar-refractivity contribution is 0.0702. The van der Waals surface area contributed by atoms with Gasteiger partial charge in [-0.3, -0.25) is 4.79 Å². The fraction of sp³-hybridized carbons (Fsp3) is 0.316. The number of benzene rings is 1. The molecule has 1 amide bonds. The number of rotatable bonds is 3. The van der Waals surface area contributed by atoms with Gasteiger partial charge in [0.15, 0.2) is 0 Å². The van der Waals surface area contributed by atoms with Crippen LogP contribution in [0.5, 0.6) is 0 Å². The summed E-state index contributed by atoms with van der Waals surface area (Å²) >= 11 is 3.27. The Morgan fingerprint density at radius 1 is 1.28 bits per heavy atom. The van der Waals surface area contributed by atoms with Crippen molar-refractivity contribution in [3.05, 3.63) is 53.2 Å². The van der Waals surface area contributed by atoms with Gasteiger partial charge in [0.1, 0.15) is 5.03 Å². The van der Waals surface area contributed by atoms with Crippen molar-refractivity contribution in [1.82, 2.24) is 14.9 Å². The molecule has 25 heavy (non-hydrogen) atoms. The highest BCUT2D eigenvalue weighted by Gasteiger charge is 2.28. The predicted molar refractivity (Wildman–Crippen MR) is 104 cm³/mol. The Labute approximate surface area is 155 Å². The first-order valence-corrected chi connectivity index (χ1v) is 10.4. The van der Waals surface area contributed by atoms with E-state index in [1.54, 1.807) is 17.5 Å². The number of pyridine rings is 1. The van der Waals surface area contributed by atoms with Crippen LogP contribution in [0.3, 0.4) is 0 Å². The topological polar surface area (TPSA) is 46.1 Å². The molecule has 0 bridgehead atoms. The summed E-state index contributed by atoms with van der Waals surface area (Å²) in [5.74, 6) is 0.410. The highest BCUT2D eigenvalue weighted by Crippen LogP contribution is 2.33. The van der Waals surface area contributed by atoms with Crippen LogP contribution in [0.15, 0.2) is 47.6 Å². The second-order valence-electron chi connectivity index (χ2n) is 6.17. The first-order chi connectivity index (χ1) is 12.3. The van der Waals surface area contributed by atoms with Gasteiger partial charge in [0, 0.05) is 25.2 Å². The molecule has 4 nitrogen and oxygen atoms in total. The molecule has 0 unspecified atom stereocenters. The molecule has 0 spiro atoms. The van der Waals surface area contributed by atoms with E-state index in [-0.39, 0.29) is 5.91 Å². The van der Waals surface area contributed by atoms with Crippen molar-refractivity contribution in [3.8, 4) is 0 Å². The van der Waals surface area contributed by atoms with Gasteiger partial charge in [-0.25, -0.2) is 9.97 Å². The highest BCUT2D eigenvalue weighted by atomic mass is 32.2. The number of hydrogen-bond donors (Lipinski definition) is 0. The monoisotopic (exact) mass is 369 g/mol. The maximum atomic E-state index is 13.0. The van der Waals surface area contributed by atoms with Crippen molar-refractivity contribution >= 4 is 39.2 Å². The van der Waals surface area contributed by atoms with Gasteiger partial charge in [0.05, 0.1) is 20.8 Å². The Hall–Kier alpha value is -1.92. The summed E-state index contributed by atoms with van der Waals surface area (Å²) in [6.07, 6.45) is 5.80. The molecule has 1 aliphatic heterocycles. The van der Waals surface area contributed by atoms with E-state index < -0.39 is 0 Å². The molecule has 3 heterocycles. The maximum absolute atomic E-state index is 13.0. The number of thioether (sulfide) groups is 1. The van der Waals surface area contributed by atoms with Gasteiger partial charge in [-0.2, -0.15) is 0 Å². The molecule has 1 fully saturated rings. The standard InChI is InChI=1S/C19H19N3OS2/c1-24-18-14(7-4-10-20-18)19(23)22-11-5-6-13(12-22)17-21-15-8-2-3-9-16(15)25-17/h2-4,7-10,13H,5-6,11-12H2,1H3/t13-/m1/s1. The van der Waals surface area contributed by atoms with E-state index in [1.165, 1.54) is 16.5 Å². The first kappa shape index (κ1) is 16.5. The molecule has 1 saturated heterocycles. The van der Waals surface area contributed by atoms with Crippen LogP contribution in [0.1, 0.15) is 34.1 Å². The molecule has 6 heteroatoms. The summed E-state index contributed by atoms with van der Waals surface area (Å²) in [4.78, 5) is 24.1. The van der Waals surface area contributed by atoms with Crippen LogP contribution in [-0.4, -0.2) is 40.1 Å². The smallest absolute Gasteiger partial charge is 0.256 e. The zero-order valence-electron chi connectivity index (χ0n) is 14.0. The lowest BCUT2D eigenvalue weighted by Crippen LogP contribution is -2.39. The van der Waals surface area contributed by atoms with Crippen molar-refractivity contribution < 1.29 is 4.79 Å². The number of hydrogen-bond acceptors (Lipinski definition) is 5. The van der Waals surface area contributed by atoms with E-state index in [0.29, 0.717) is 11.5 Å². The van der Waals surface area contributed by atoms with Gasteiger partial charge in [-0.1, -0.05) is 12.1 Å². The van der Waals surface area contributed by atoms with Crippen LogP contribution in [0, 0.1) is 0 Å². The number of likely N-dealkylation sites (tertiary alicyclic amines) is 1. The van der Waals surface area contributed by atoms with Crippen LogP contribution in [0.4, 0.5) is 0 Å². The fourth-order valence-electron chi connectivity index (χ4n) is 3.31. The van der Waals surface area contributed by atoms with Gasteiger partial charge < -0.3 is 4.90 Å². The van der Waals surface area contributed by atoms with Crippen LogP contribution in [-0.2, 0) is 0 Å². The number of nitrogens with zero attached hydrogens (tertiary/aromatic N) is 3. The normalized spacial score (nSPS) is 17.8.